The predicted octanol–water partition coefficient (Wildman–Crippen LogP) is 3.70. The molecule has 3 atom stereocenters. The lowest BCUT2D eigenvalue weighted by molar-refractivity contribution is 0.0160. The molecule has 4 heteroatoms. The molecule has 2 aromatic rings. The van der Waals surface area contributed by atoms with Crippen molar-refractivity contribution < 1.29 is 14.3 Å². The third kappa shape index (κ3) is 3.78. The normalized spacial score (nSPS) is 26.3. The molecule has 0 spiro atoms. The summed E-state index contributed by atoms with van der Waals surface area (Å²) in [5.74, 6) is 1.71. The van der Waals surface area contributed by atoms with Gasteiger partial charge in [-0.1, -0.05) is 24.3 Å². The molecule has 0 aromatic heterocycles. The largest absolute Gasteiger partial charge is 0.493 e. The van der Waals surface area contributed by atoms with Gasteiger partial charge >= 0.3 is 0 Å². The van der Waals surface area contributed by atoms with Gasteiger partial charge in [-0.25, -0.2) is 0 Å². The molecule has 0 radical (unpaired) electrons. The van der Waals surface area contributed by atoms with Gasteiger partial charge in [0.05, 0.1) is 18.8 Å². The molecule has 1 N–H and O–H groups in total. The summed E-state index contributed by atoms with van der Waals surface area (Å²) in [6.45, 7) is 1.76. The van der Waals surface area contributed by atoms with Crippen molar-refractivity contribution >= 4 is 5.78 Å². The molecule has 5 rings (SSSR count). The van der Waals surface area contributed by atoms with E-state index in [9.17, 15) is 4.79 Å². The molecule has 2 heterocycles. The summed E-state index contributed by atoms with van der Waals surface area (Å²) in [5, 5.41) is 3.51. The number of fused-ring (bicyclic) bond motifs is 2. The SMILES string of the molecule is O=C(Cc1ccc([C@H]2O[C@@H]3CN[C@H]2C3)cc1)c1ccc(OCC2CC2)cc1. The number of ether oxygens (including phenoxy) is 2. The minimum absolute atomic E-state index is 0.134. The van der Waals surface area contributed by atoms with Crippen LogP contribution in [0.3, 0.4) is 0 Å². The maximum Gasteiger partial charge on any atom is 0.167 e. The van der Waals surface area contributed by atoms with Gasteiger partial charge in [0, 0.05) is 24.6 Å². The fourth-order valence-corrected chi connectivity index (χ4v) is 4.03. The van der Waals surface area contributed by atoms with Crippen molar-refractivity contribution in [2.24, 2.45) is 5.92 Å². The van der Waals surface area contributed by atoms with Crippen molar-refractivity contribution in [2.75, 3.05) is 13.2 Å². The average molecular weight is 363 g/mol. The molecule has 3 fully saturated rings. The molecule has 2 bridgehead atoms. The number of rotatable bonds is 7. The van der Waals surface area contributed by atoms with Crippen LogP contribution in [0.4, 0.5) is 0 Å². The Morgan fingerprint density at radius 3 is 2.48 bits per heavy atom. The van der Waals surface area contributed by atoms with Crippen LogP contribution in [0, 0.1) is 5.92 Å². The first kappa shape index (κ1) is 17.0. The summed E-state index contributed by atoms with van der Waals surface area (Å²) in [6, 6.07) is 16.3. The highest BCUT2D eigenvalue weighted by molar-refractivity contribution is 5.97. The molecule has 2 saturated heterocycles. The standard InChI is InChI=1S/C23H25NO3/c25-22(17-7-9-19(10-8-17)26-14-16-1-2-16)11-15-3-5-18(6-4-15)23-21-12-20(27-23)13-24-21/h3-10,16,20-21,23-24H,1-2,11-14H2/t20-,21-,23+/m0/s1. The Kier molecular flexibility index (Phi) is 4.46. The van der Waals surface area contributed by atoms with Crippen LogP contribution in [0.1, 0.15) is 46.9 Å². The molecule has 3 aliphatic rings. The molecule has 140 valence electrons. The highest BCUT2D eigenvalue weighted by atomic mass is 16.5. The number of ketones is 1. The van der Waals surface area contributed by atoms with Gasteiger partial charge in [0.25, 0.3) is 0 Å². The second-order valence-corrected chi connectivity index (χ2v) is 8.05. The number of nitrogens with one attached hydrogen (secondary N) is 1. The van der Waals surface area contributed by atoms with Crippen molar-refractivity contribution in [3.63, 3.8) is 0 Å². The van der Waals surface area contributed by atoms with Crippen molar-refractivity contribution in [3.05, 3.63) is 65.2 Å². The van der Waals surface area contributed by atoms with E-state index < -0.39 is 0 Å². The number of morpholine rings is 1. The molecule has 2 aliphatic heterocycles. The monoisotopic (exact) mass is 363 g/mol. The molecular formula is C23H25NO3. The highest BCUT2D eigenvalue weighted by Gasteiger charge is 2.41. The molecular weight excluding hydrogens is 338 g/mol. The lowest BCUT2D eigenvalue weighted by Gasteiger charge is -2.23. The number of Topliss-reactive ketones (excluding diaryl/α,β-unsaturated/α-hetero) is 1. The average Bonchev–Trinajstić information content (AvgIpc) is 3.29. The molecule has 27 heavy (non-hydrogen) atoms. The summed E-state index contributed by atoms with van der Waals surface area (Å²) in [4.78, 5) is 12.6. The Morgan fingerprint density at radius 2 is 1.85 bits per heavy atom. The van der Waals surface area contributed by atoms with Crippen molar-refractivity contribution in [1.82, 2.24) is 5.32 Å². The molecule has 2 aromatic carbocycles. The van der Waals surface area contributed by atoms with Crippen LogP contribution in [0.25, 0.3) is 0 Å². The Hall–Kier alpha value is -2.17. The molecule has 1 aliphatic carbocycles. The summed E-state index contributed by atoms with van der Waals surface area (Å²) in [7, 11) is 0. The lowest BCUT2D eigenvalue weighted by atomic mass is 9.98. The molecule has 4 nitrogen and oxygen atoms in total. The topological polar surface area (TPSA) is 47.6 Å². The number of carbonyl (C=O) groups excluding carboxylic acids is 1. The Bertz CT molecular complexity index is 811. The first-order valence-corrected chi connectivity index (χ1v) is 9.98. The zero-order valence-corrected chi connectivity index (χ0v) is 15.4. The van der Waals surface area contributed by atoms with Crippen LogP contribution in [-0.2, 0) is 11.2 Å². The van der Waals surface area contributed by atoms with Gasteiger partial charge in [-0.15, -0.1) is 0 Å². The van der Waals surface area contributed by atoms with E-state index in [2.05, 4.69) is 29.6 Å². The first-order valence-electron chi connectivity index (χ1n) is 9.98. The number of carbonyl (C=O) groups is 1. The Labute approximate surface area is 159 Å². The van der Waals surface area contributed by atoms with Crippen LogP contribution in [0.15, 0.2) is 48.5 Å². The van der Waals surface area contributed by atoms with Crippen LogP contribution in [-0.4, -0.2) is 31.1 Å². The van der Waals surface area contributed by atoms with Gasteiger partial charge < -0.3 is 14.8 Å². The van der Waals surface area contributed by atoms with Gasteiger partial charge in [-0.3, -0.25) is 4.79 Å². The van der Waals surface area contributed by atoms with E-state index in [1.165, 1.54) is 18.4 Å². The van der Waals surface area contributed by atoms with E-state index in [0.29, 0.717) is 18.6 Å². The number of benzene rings is 2. The minimum Gasteiger partial charge on any atom is -0.493 e. The van der Waals surface area contributed by atoms with E-state index in [1.807, 2.05) is 24.3 Å². The van der Waals surface area contributed by atoms with Crippen molar-refractivity contribution in [3.8, 4) is 5.75 Å². The van der Waals surface area contributed by atoms with Crippen LogP contribution >= 0.6 is 0 Å². The van der Waals surface area contributed by atoms with Crippen molar-refractivity contribution in [1.29, 1.82) is 0 Å². The predicted molar refractivity (Wildman–Crippen MR) is 103 cm³/mol. The zero-order chi connectivity index (χ0) is 18.2. The Balaban J connectivity index is 1.19. The van der Waals surface area contributed by atoms with Gasteiger partial charge in [-0.05, 0) is 60.6 Å². The Morgan fingerprint density at radius 1 is 1.07 bits per heavy atom. The lowest BCUT2D eigenvalue weighted by Crippen LogP contribution is -2.33. The highest BCUT2D eigenvalue weighted by Crippen LogP contribution is 2.36. The number of hydrogen-bond acceptors (Lipinski definition) is 4. The van der Waals surface area contributed by atoms with E-state index in [4.69, 9.17) is 9.47 Å². The number of hydrogen-bond donors (Lipinski definition) is 1. The van der Waals surface area contributed by atoms with Crippen LogP contribution < -0.4 is 10.1 Å². The summed E-state index contributed by atoms with van der Waals surface area (Å²) in [5.41, 5.74) is 2.97. The molecule has 0 amide bonds. The van der Waals surface area contributed by atoms with E-state index in [1.54, 1.807) is 0 Å². The maximum atomic E-state index is 12.6. The molecule has 0 unspecified atom stereocenters. The van der Waals surface area contributed by atoms with E-state index in [0.717, 1.165) is 42.4 Å². The minimum atomic E-state index is 0.134. The quantitative estimate of drug-likeness (QED) is 0.762. The van der Waals surface area contributed by atoms with Gasteiger partial charge in [0.2, 0.25) is 0 Å². The van der Waals surface area contributed by atoms with Gasteiger partial charge in [-0.2, -0.15) is 0 Å². The third-order valence-electron chi connectivity index (χ3n) is 5.86. The summed E-state index contributed by atoms with van der Waals surface area (Å²) in [6.07, 6.45) is 4.58. The van der Waals surface area contributed by atoms with E-state index >= 15 is 0 Å². The smallest absolute Gasteiger partial charge is 0.167 e. The summed E-state index contributed by atoms with van der Waals surface area (Å²) >= 11 is 0. The first-order chi connectivity index (χ1) is 13.2. The third-order valence-corrected chi connectivity index (χ3v) is 5.86. The second kappa shape index (κ2) is 7.10. The summed E-state index contributed by atoms with van der Waals surface area (Å²) < 4.78 is 11.8. The zero-order valence-electron chi connectivity index (χ0n) is 15.4. The van der Waals surface area contributed by atoms with Gasteiger partial charge in [0.15, 0.2) is 5.78 Å². The van der Waals surface area contributed by atoms with Crippen LogP contribution in [0.5, 0.6) is 5.75 Å². The molecule has 1 saturated carbocycles. The van der Waals surface area contributed by atoms with E-state index in [-0.39, 0.29) is 11.9 Å². The van der Waals surface area contributed by atoms with Crippen molar-refractivity contribution in [2.45, 2.75) is 43.9 Å². The van der Waals surface area contributed by atoms with Gasteiger partial charge in [0.1, 0.15) is 5.75 Å². The second-order valence-electron chi connectivity index (χ2n) is 8.05. The maximum absolute atomic E-state index is 12.6. The fraction of sp³-hybridized carbons (Fsp3) is 0.435. The fourth-order valence-electron chi connectivity index (χ4n) is 4.03. The van der Waals surface area contributed by atoms with Crippen LogP contribution in [0.2, 0.25) is 0 Å².